The number of anilines is 1. The molecule has 1 aromatic rings. The van der Waals surface area contributed by atoms with Gasteiger partial charge in [0.05, 0.1) is 11.8 Å². The molecule has 1 aliphatic rings. The van der Waals surface area contributed by atoms with Gasteiger partial charge in [-0.25, -0.2) is 13.2 Å². The van der Waals surface area contributed by atoms with Crippen molar-refractivity contribution in [2.45, 2.75) is 13.0 Å². The van der Waals surface area contributed by atoms with Gasteiger partial charge in [0.15, 0.2) is 9.84 Å². The third kappa shape index (κ3) is 3.33. The van der Waals surface area contributed by atoms with Crippen LogP contribution in [0.4, 0.5) is 10.5 Å². The van der Waals surface area contributed by atoms with Gasteiger partial charge in [-0.05, 0) is 25.1 Å². The van der Waals surface area contributed by atoms with Crippen LogP contribution in [-0.2, 0) is 9.84 Å². The molecule has 2 rings (SSSR count). The summed E-state index contributed by atoms with van der Waals surface area (Å²) in [6.45, 7) is 1.96. The first kappa shape index (κ1) is 12.6. The minimum Gasteiger partial charge on any atom is -0.331 e. The first-order valence-electron chi connectivity index (χ1n) is 5.50. The molecule has 0 aromatic heterocycles. The molecule has 0 unspecified atom stereocenters. The number of hydrogen-bond acceptors (Lipinski definition) is 3. The van der Waals surface area contributed by atoms with E-state index in [1.54, 1.807) is 12.1 Å². The highest BCUT2D eigenvalue weighted by atomic mass is 32.2. The maximum atomic E-state index is 11.6. The van der Waals surface area contributed by atoms with Crippen molar-refractivity contribution in [1.82, 2.24) is 5.32 Å². The largest absolute Gasteiger partial charge is 0.331 e. The van der Waals surface area contributed by atoms with Crippen molar-refractivity contribution in [3.05, 3.63) is 41.3 Å². The van der Waals surface area contributed by atoms with Gasteiger partial charge >= 0.3 is 6.03 Å². The molecule has 0 aliphatic carbocycles. The molecule has 2 N–H and O–H groups in total. The molecule has 0 saturated heterocycles. The van der Waals surface area contributed by atoms with E-state index in [2.05, 4.69) is 10.6 Å². The molecule has 6 heteroatoms. The van der Waals surface area contributed by atoms with Crippen molar-refractivity contribution in [1.29, 1.82) is 0 Å². The van der Waals surface area contributed by atoms with Crippen molar-refractivity contribution in [3.8, 4) is 0 Å². The lowest BCUT2D eigenvalue weighted by Crippen LogP contribution is -2.38. The Morgan fingerprint density at radius 3 is 2.50 bits per heavy atom. The van der Waals surface area contributed by atoms with Gasteiger partial charge in [0.2, 0.25) is 0 Å². The smallest absolute Gasteiger partial charge is 0.319 e. The number of aryl methyl sites for hydroxylation is 1. The fraction of sp³-hybridized carbons (Fsp3) is 0.250. The van der Waals surface area contributed by atoms with Crippen molar-refractivity contribution < 1.29 is 13.2 Å². The molecule has 96 valence electrons. The number of amides is 2. The molecular formula is C12H14N2O3S. The summed E-state index contributed by atoms with van der Waals surface area (Å²) in [6.07, 6.45) is 1.48. The first-order valence-corrected chi connectivity index (χ1v) is 7.21. The summed E-state index contributed by atoms with van der Waals surface area (Å²) in [6, 6.07) is 6.48. The lowest BCUT2D eigenvalue weighted by Gasteiger charge is -2.11. The Kier molecular flexibility index (Phi) is 3.38. The van der Waals surface area contributed by atoms with Crippen molar-refractivity contribution in [2.75, 3.05) is 11.1 Å². The maximum absolute atomic E-state index is 11.6. The van der Waals surface area contributed by atoms with Crippen LogP contribution in [0.15, 0.2) is 35.7 Å². The van der Waals surface area contributed by atoms with Crippen LogP contribution < -0.4 is 10.6 Å². The van der Waals surface area contributed by atoms with Crippen molar-refractivity contribution in [3.63, 3.8) is 0 Å². The molecule has 18 heavy (non-hydrogen) atoms. The second kappa shape index (κ2) is 4.81. The quantitative estimate of drug-likeness (QED) is 0.850. The summed E-state index contributed by atoms with van der Waals surface area (Å²) < 4.78 is 22.3. The van der Waals surface area contributed by atoms with Crippen LogP contribution in [0.3, 0.4) is 0 Å². The molecule has 0 spiro atoms. The zero-order valence-corrected chi connectivity index (χ0v) is 10.7. The van der Waals surface area contributed by atoms with Gasteiger partial charge < -0.3 is 10.6 Å². The summed E-state index contributed by atoms with van der Waals surface area (Å²) in [7, 11) is -3.14. The van der Waals surface area contributed by atoms with Crippen molar-refractivity contribution in [2.24, 2.45) is 0 Å². The summed E-state index contributed by atoms with van der Waals surface area (Å²) >= 11 is 0. The summed E-state index contributed by atoms with van der Waals surface area (Å²) in [4.78, 5) is 11.6. The van der Waals surface area contributed by atoms with Crippen LogP contribution in [-0.4, -0.2) is 26.2 Å². The van der Waals surface area contributed by atoms with Gasteiger partial charge in [-0.15, -0.1) is 0 Å². The molecule has 1 aromatic carbocycles. The number of carbonyl (C=O) groups is 1. The highest BCUT2D eigenvalue weighted by molar-refractivity contribution is 7.94. The van der Waals surface area contributed by atoms with E-state index in [1.807, 2.05) is 19.1 Å². The third-order valence-corrected chi connectivity index (χ3v) is 3.95. The lowest BCUT2D eigenvalue weighted by atomic mass is 10.2. The fourth-order valence-electron chi connectivity index (χ4n) is 1.64. The summed E-state index contributed by atoms with van der Waals surface area (Å²) in [5.74, 6) is -0.0751. The van der Waals surface area contributed by atoms with Crippen LogP contribution in [0.25, 0.3) is 0 Å². The minimum atomic E-state index is -3.14. The maximum Gasteiger partial charge on any atom is 0.319 e. The van der Waals surface area contributed by atoms with Crippen LogP contribution in [0, 0.1) is 6.92 Å². The molecule has 0 radical (unpaired) electrons. The van der Waals surface area contributed by atoms with E-state index >= 15 is 0 Å². The Bertz CT molecular complexity index is 576. The number of benzene rings is 1. The standard InChI is InChI=1S/C12H14N2O3S/c1-9-2-4-10(5-3-9)13-12(15)14-11-6-7-18(16,17)8-11/h2-7,11H,8H2,1H3,(H2,13,14,15)/t11-/m1/s1. The van der Waals surface area contributed by atoms with Crippen molar-refractivity contribution >= 4 is 21.6 Å². The van der Waals surface area contributed by atoms with Crippen LogP contribution in [0.2, 0.25) is 0 Å². The zero-order chi connectivity index (χ0) is 13.2. The van der Waals surface area contributed by atoms with E-state index in [-0.39, 0.29) is 5.75 Å². The number of sulfone groups is 1. The molecule has 0 fully saturated rings. The topological polar surface area (TPSA) is 75.3 Å². The number of rotatable bonds is 2. The summed E-state index contributed by atoms with van der Waals surface area (Å²) in [5, 5.41) is 6.35. The van der Waals surface area contributed by atoms with E-state index in [1.165, 1.54) is 6.08 Å². The first-order chi connectivity index (χ1) is 8.44. The van der Waals surface area contributed by atoms with E-state index < -0.39 is 21.9 Å². The molecule has 0 saturated carbocycles. The van der Waals surface area contributed by atoms with Gasteiger partial charge in [0.25, 0.3) is 0 Å². The number of nitrogens with one attached hydrogen (secondary N) is 2. The van der Waals surface area contributed by atoms with Gasteiger partial charge in [0, 0.05) is 11.1 Å². The average Bonchev–Trinajstić information content (AvgIpc) is 2.61. The average molecular weight is 266 g/mol. The summed E-state index contributed by atoms with van der Waals surface area (Å²) in [5.41, 5.74) is 1.77. The Morgan fingerprint density at radius 1 is 1.28 bits per heavy atom. The second-order valence-electron chi connectivity index (χ2n) is 4.23. The highest BCUT2D eigenvalue weighted by Crippen LogP contribution is 2.10. The lowest BCUT2D eigenvalue weighted by molar-refractivity contribution is 0.251. The van der Waals surface area contributed by atoms with Gasteiger partial charge in [-0.1, -0.05) is 17.7 Å². The molecule has 1 heterocycles. The van der Waals surface area contributed by atoms with Crippen LogP contribution in [0.5, 0.6) is 0 Å². The predicted octanol–water partition coefficient (Wildman–Crippen LogP) is 1.43. The van der Waals surface area contributed by atoms with E-state index in [4.69, 9.17) is 0 Å². The van der Waals surface area contributed by atoms with Crippen LogP contribution in [0.1, 0.15) is 5.56 Å². The monoisotopic (exact) mass is 266 g/mol. The Balaban J connectivity index is 1.90. The molecular weight excluding hydrogens is 252 g/mol. The second-order valence-corrected chi connectivity index (χ2v) is 6.16. The number of urea groups is 1. The molecule has 1 aliphatic heterocycles. The molecule has 2 amide bonds. The SMILES string of the molecule is Cc1ccc(NC(=O)N[C@@H]2C=CS(=O)(=O)C2)cc1. The van der Waals surface area contributed by atoms with E-state index in [0.717, 1.165) is 11.0 Å². The van der Waals surface area contributed by atoms with Crippen LogP contribution >= 0.6 is 0 Å². The van der Waals surface area contributed by atoms with E-state index in [0.29, 0.717) is 5.69 Å². The molecule has 5 nitrogen and oxygen atoms in total. The normalized spacial score (nSPS) is 20.6. The Labute approximate surface area is 106 Å². The Hall–Kier alpha value is -1.82. The predicted molar refractivity (Wildman–Crippen MR) is 70.0 cm³/mol. The highest BCUT2D eigenvalue weighted by Gasteiger charge is 2.22. The fourth-order valence-corrected chi connectivity index (χ4v) is 2.87. The van der Waals surface area contributed by atoms with E-state index in [9.17, 15) is 13.2 Å². The third-order valence-electron chi connectivity index (χ3n) is 2.56. The van der Waals surface area contributed by atoms with Gasteiger partial charge in [0.1, 0.15) is 0 Å². The minimum absolute atomic E-state index is 0.0751. The Morgan fingerprint density at radius 2 is 1.94 bits per heavy atom. The zero-order valence-electron chi connectivity index (χ0n) is 9.88. The van der Waals surface area contributed by atoms with Gasteiger partial charge in [-0.3, -0.25) is 0 Å². The number of carbonyl (C=O) groups excluding carboxylic acids is 1. The molecule has 1 atom stereocenters. The van der Waals surface area contributed by atoms with Gasteiger partial charge in [-0.2, -0.15) is 0 Å². The molecule has 0 bridgehead atoms. The number of hydrogen-bond donors (Lipinski definition) is 2.